The van der Waals surface area contributed by atoms with Gasteiger partial charge in [0.15, 0.2) is 0 Å². The molecule has 128 valence electrons. The molecule has 2 rings (SSSR count). The molecule has 5 nitrogen and oxygen atoms in total. The summed E-state index contributed by atoms with van der Waals surface area (Å²) < 4.78 is 33.7. The maximum atomic E-state index is 12.4. The van der Waals surface area contributed by atoms with Crippen molar-refractivity contribution in [2.75, 3.05) is 39.9 Å². The smallest absolute Gasteiger partial charge is 0.387 e. The van der Waals surface area contributed by atoms with Gasteiger partial charge in [-0.25, -0.2) is 0 Å². The van der Waals surface area contributed by atoms with Crippen molar-refractivity contribution in [3.8, 4) is 5.75 Å². The molecule has 0 aliphatic carbocycles. The minimum atomic E-state index is -2.86. The predicted octanol–water partition coefficient (Wildman–Crippen LogP) is 2.08. The molecule has 1 aliphatic rings. The Labute approximate surface area is 134 Å². The molecule has 1 saturated heterocycles. The van der Waals surface area contributed by atoms with Crippen LogP contribution in [0.4, 0.5) is 8.78 Å². The number of hydrogen-bond donors (Lipinski definition) is 0. The molecule has 1 aromatic rings. The number of carbonyl (C=O) groups excluding carboxylic acids is 1. The third-order valence-corrected chi connectivity index (χ3v) is 3.96. The summed E-state index contributed by atoms with van der Waals surface area (Å²) in [6, 6.07) is 6.12. The summed E-state index contributed by atoms with van der Waals surface area (Å²) >= 11 is 0. The zero-order chi connectivity index (χ0) is 16.8. The van der Waals surface area contributed by atoms with Crippen molar-refractivity contribution >= 4 is 5.91 Å². The molecule has 1 heterocycles. The zero-order valence-electron chi connectivity index (χ0n) is 13.4. The average molecular weight is 328 g/mol. The van der Waals surface area contributed by atoms with Gasteiger partial charge in [0.2, 0.25) is 0 Å². The molecule has 0 aromatic heterocycles. The van der Waals surface area contributed by atoms with E-state index in [-0.39, 0.29) is 11.7 Å². The van der Waals surface area contributed by atoms with Crippen LogP contribution in [0.2, 0.25) is 0 Å². The number of rotatable bonds is 6. The second kappa shape index (κ2) is 8.21. The van der Waals surface area contributed by atoms with Crippen molar-refractivity contribution < 1.29 is 23.0 Å². The molecule has 0 saturated carbocycles. The highest BCUT2D eigenvalue weighted by Gasteiger charge is 2.24. The number of methoxy groups -OCH3 is 1. The number of carbonyl (C=O) groups is 1. The van der Waals surface area contributed by atoms with Gasteiger partial charge in [0.05, 0.1) is 6.61 Å². The van der Waals surface area contributed by atoms with Gasteiger partial charge in [0.25, 0.3) is 5.91 Å². The number of ether oxygens (including phenoxy) is 2. The molecule has 1 atom stereocenters. The fourth-order valence-corrected chi connectivity index (χ4v) is 2.67. The SMILES string of the molecule is COCC(C)N1CCN(C(=O)c2ccc(OC(F)F)cc2)CC1. The van der Waals surface area contributed by atoms with E-state index in [0.29, 0.717) is 31.3 Å². The summed E-state index contributed by atoms with van der Waals surface area (Å²) in [5, 5.41) is 0. The number of hydrogen-bond acceptors (Lipinski definition) is 4. The molecule has 0 spiro atoms. The van der Waals surface area contributed by atoms with Crippen LogP contribution < -0.4 is 4.74 Å². The lowest BCUT2D eigenvalue weighted by molar-refractivity contribution is -0.0498. The van der Waals surface area contributed by atoms with E-state index in [4.69, 9.17) is 4.74 Å². The molecule has 0 bridgehead atoms. The Kier molecular flexibility index (Phi) is 6.29. The van der Waals surface area contributed by atoms with E-state index in [0.717, 1.165) is 13.1 Å². The largest absolute Gasteiger partial charge is 0.435 e. The third kappa shape index (κ3) is 4.87. The monoisotopic (exact) mass is 328 g/mol. The highest BCUT2D eigenvalue weighted by Crippen LogP contribution is 2.17. The summed E-state index contributed by atoms with van der Waals surface area (Å²) in [4.78, 5) is 16.5. The minimum Gasteiger partial charge on any atom is -0.435 e. The van der Waals surface area contributed by atoms with Gasteiger partial charge in [-0.1, -0.05) is 0 Å². The van der Waals surface area contributed by atoms with E-state index in [1.54, 1.807) is 12.0 Å². The van der Waals surface area contributed by atoms with Gasteiger partial charge < -0.3 is 14.4 Å². The standard InChI is InChI=1S/C16H22F2N2O3/c1-12(11-22-2)19-7-9-20(10-8-19)15(21)13-3-5-14(6-4-13)23-16(17)18/h3-6,12,16H,7-11H2,1-2H3. The molecule has 0 radical (unpaired) electrons. The molecule has 7 heteroatoms. The van der Waals surface area contributed by atoms with Crippen molar-refractivity contribution in [2.45, 2.75) is 19.6 Å². The zero-order valence-corrected chi connectivity index (χ0v) is 13.4. The van der Waals surface area contributed by atoms with Crippen LogP contribution in [0, 0.1) is 0 Å². The van der Waals surface area contributed by atoms with E-state index in [9.17, 15) is 13.6 Å². The summed E-state index contributed by atoms with van der Waals surface area (Å²) in [7, 11) is 1.68. The molecule has 1 fully saturated rings. The van der Waals surface area contributed by atoms with Crippen molar-refractivity contribution in [1.29, 1.82) is 0 Å². The van der Waals surface area contributed by atoms with Crippen molar-refractivity contribution in [1.82, 2.24) is 9.80 Å². The lowest BCUT2D eigenvalue weighted by Gasteiger charge is -2.37. The van der Waals surface area contributed by atoms with Crippen LogP contribution in [0.5, 0.6) is 5.75 Å². The van der Waals surface area contributed by atoms with E-state index < -0.39 is 6.61 Å². The van der Waals surface area contributed by atoms with Gasteiger partial charge in [0.1, 0.15) is 5.75 Å². The highest BCUT2D eigenvalue weighted by molar-refractivity contribution is 5.94. The Bertz CT molecular complexity index is 503. The average Bonchev–Trinajstić information content (AvgIpc) is 2.55. The maximum absolute atomic E-state index is 12.4. The number of piperazine rings is 1. The first-order valence-electron chi connectivity index (χ1n) is 7.58. The first-order valence-corrected chi connectivity index (χ1v) is 7.58. The Morgan fingerprint density at radius 3 is 2.30 bits per heavy atom. The number of nitrogens with zero attached hydrogens (tertiary/aromatic N) is 2. The Hall–Kier alpha value is -1.73. The molecule has 1 amide bonds. The lowest BCUT2D eigenvalue weighted by atomic mass is 10.1. The molecule has 23 heavy (non-hydrogen) atoms. The van der Waals surface area contributed by atoms with Crippen molar-refractivity contribution in [3.63, 3.8) is 0 Å². The van der Waals surface area contributed by atoms with Gasteiger partial charge >= 0.3 is 6.61 Å². The second-order valence-corrected chi connectivity index (χ2v) is 5.54. The fourth-order valence-electron chi connectivity index (χ4n) is 2.67. The summed E-state index contributed by atoms with van der Waals surface area (Å²) in [5.74, 6) is -0.0394. The third-order valence-electron chi connectivity index (χ3n) is 3.96. The topological polar surface area (TPSA) is 42.0 Å². The summed E-state index contributed by atoms with van der Waals surface area (Å²) in [6.45, 7) is 2.77. The van der Waals surface area contributed by atoms with E-state index in [2.05, 4.69) is 16.6 Å². The summed E-state index contributed by atoms with van der Waals surface area (Å²) in [6.07, 6.45) is 0. The minimum absolute atomic E-state index is 0.0507. The Morgan fingerprint density at radius 2 is 1.78 bits per heavy atom. The predicted molar refractivity (Wildman–Crippen MR) is 81.9 cm³/mol. The second-order valence-electron chi connectivity index (χ2n) is 5.54. The van der Waals surface area contributed by atoms with Crippen LogP contribution in [0.15, 0.2) is 24.3 Å². The van der Waals surface area contributed by atoms with Crippen LogP contribution >= 0.6 is 0 Å². The maximum Gasteiger partial charge on any atom is 0.387 e. The number of halogens is 2. The van der Waals surface area contributed by atoms with Crippen LogP contribution in [0.1, 0.15) is 17.3 Å². The highest BCUT2D eigenvalue weighted by atomic mass is 19.3. The number of benzene rings is 1. The molecule has 1 aromatic carbocycles. The molecule has 1 aliphatic heterocycles. The lowest BCUT2D eigenvalue weighted by Crippen LogP contribution is -2.52. The van der Waals surface area contributed by atoms with Crippen LogP contribution in [0.25, 0.3) is 0 Å². The van der Waals surface area contributed by atoms with E-state index in [1.165, 1.54) is 24.3 Å². The van der Waals surface area contributed by atoms with Crippen LogP contribution in [0.3, 0.4) is 0 Å². The van der Waals surface area contributed by atoms with Crippen LogP contribution in [-0.4, -0.2) is 68.3 Å². The van der Waals surface area contributed by atoms with Crippen molar-refractivity contribution in [3.05, 3.63) is 29.8 Å². The normalized spacial score (nSPS) is 17.3. The summed E-state index contributed by atoms with van der Waals surface area (Å²) in [5.41, 5.74) is 0.477. The molecule has 1 unspecified atom stereocenters. The first kappa shape index (κ1) is 17.6. The first-order chi connectivity index (χ1) is 11.0. The molecular formula is C16H22F2N2O3. The van der Waals surface area contributed by atoms with E-state index in [1.807, 2.05) is 0 Å². The fraction of sp³-hybridized carbons (Fsp3) is 0.562. The van der Waals surface area contributed by atoms with Gasteiger partial charge in [0, 0.05) is 44.9 Å². The van der Waals surface area contributed by atoms with Gasteiger partial charge in [-0.05, 0) is 31.2 Å². The molecular weight excluding hydrogens is 306 g/mol. The van der Waals surface area contributed by atoms with E-state index >= 15 is 0 Å². The van der Waals surface area contributed by atoms with Crippen molar-refractivity contribution in [2.24, 2.45) is 0 Å². The number of amides is 1. The Balaban J connectivity index is 1.89. The molecule has 0 N–H and O–H groups in total. The van der Waals surface area contributed by atoms with Crippen LogP contribution in [-0.2, 0) is 4.74 Å². The van der Waals surface area contributed by atoms with Gasteiger partial charge in [-0.3, -0.25) is 9.69 Å². The quantitative estimate of drug-likeness (QED) is 0.802. The number of alkyl halides is 2. The van der Waals surface area contributed by atoms with Gasteiger partial charge in [-0.2, -0.15) is 8.78 Å². The Morgan fingerprint density at radius 1 is 1.17 bits per heavy atom. The van der Waals surface area contributed by atoms with Gasteiger partial charge in [-0.15, -0.1) is 0 Å².